The molecule has 1 aliphatic carbocycles. The molecule has 1 saturated carbocycles. The van der Waals surface area contributed by atoms with Crippen LogP contribution >= 0.6 is 7.82 Å². The average molecular weight is 787 g/mol. The second kappa shape index (κ2) is 30.7. The highest BCUT2D eigenvalue weighted by Gasteiger charge is 2.51. The van der Waals surface area contributed by atoms with Crippen molar-refractivity contribution in [2.45, 2.75) is 166 Å². The first kappa shape index (κ1) is 49.6. The second-order valence-electron chi connectivity index (χ2n) is 13.4. The van der Waals surface area contributed by atoms with E-state index < -0.39 is 75.7 Å². The molecule has 6 unspecified atom stereocenters. The van der Waals surface area contributed by atoms with Gasteiger partial charge in [0.25, 0.3) is 0 Å². The van der Waals surface area contributed by atoms with Crippen LogP contribution in [0.4, 0.5) is 0 Å². The third kappa shape index (κ3) is 23.5. The summed E-state index contributed by atoms with van der Waals surface area (Å²) in [6.45, 7) is 3.03. The van der Waals surface area contributed by atoms with Crippen LogP contribution in [0.25, 0.3) is 0 Å². The molecule has 0 heterocycles. The van der Waals surface area contributed by atoms with E-state index in [1.165, 1.54) is 0 Å². The van der Waals surface area contributed by atoms with Gasteiger partial charge in [0.05, 0.1) is 6.61 Å². The van der Waals surface area contributed by atoms with Crippen LogP contribution in [0.15, 0.2) is 60.8 Å². The minimum Gasteiger partial charge on any atom is -0.462 e. The Hall–Kier alpha value is -2.45. The van der Waals surface area contributed by atoms with Gasteiger partial charge in [-0.3, -0.25) is 18.6 Å². The van der Waals surface area contributed by atoms with Crippen molar-refractivity contribution >= 4 is 19.8 Å². The summed E-state index contributed by atoms with van der Waals surface area (Å²) >= 11 is 0. The number of aliphatic hydroxyl groups excluding tert-OH is 5. The monoisotopic (exact) mass is 786 g/mol. The number of allylic oxidation sites excluding steroid dienone is 10. The molecule has 1 rings (SSSR count). The minimum atomic E-state index is -5.12. The van der Waals surface area contributed by atoms with E-state index in [2.05, 4.69) is 74.6 Å². The Balaban J connectivity index is 2.50. The Morgan fingerprint density at radius 3 is 1.61 bits per heavy atom. The maximum atomic E-state index is 12.7. The lowest BCUT2D eigenvalue weighted by atomic mass is 9.85. The zero-order valence-electron chi connectivity index (χ0n) is 32.2. The highest BCUT2D eigenvalue weighted by molar-refractivity contribution is 7.47. The van der Waals surface area contributed by atoms with Crippen molar-refractivity contribution in [3.63, 3.8) is 0 Å². The van der Waals surface area contributed by atoms with Crippen molar-refractivity contribution in [2.75, 3.05) is 13.2 Å². The first-order valence-electron chi connectivity index (χ1n) is 19.6. The topological polar surface area (TPSA) is 210 Å². The summed E-state index contributed by atoms with van der Waals surface area (Å²) in [4.78, 5) is 35.3. The molecule has 310 valence electrons. The molecule has 0 aromatic carbocycles. The summed E-state index contributed by atoms with van der Waals surface area (Å²) in [5.41, 5.74) is 0. The molecule has 6 N–H and O–H groups in total. The van der Waals surface area contributed by atoms with Crippen molar-refractivity contribution < 1.29 is 63.1 Å². The summed E-state index contributed by atoms with van der Waals surface area (Å²) in [5, 5.41) is 49.8. The molecule has 1 fully saturated rings. The number of hydrogen-bond donors (Lipinski definition) is 6. The van der Waals surface area contributed by atoms with E-state index in [0.29, 0.717) is 12.8 Å². The van der Waals surface area contributed by atoms with Crippen molar-refractivity contribution in [1.29, 1.82) is 0 Å². The molecule has 0 aromatic rings. The third-order valence-corrected chi connectivity index (χ3v) is 9.61. The fraction of sp³-hybridized carbons (Fsp3) is 0.700. The van der Waals surface area contributed by atoms with Crippen LogP contribution in [-0.2, 0) is 32.7 Å². The molecule has 0 spiro atoms. The van der Waals surface area contributed by atoms with E-state index >= 15 is 0 Å². The molecule has 0 saturated heterocycles. The standard InChI is InChI=1S/C40H67O13P/c1-3-5-7-9-11-12-13-14-15-16-17-18-19-20-21-22-23-25-27-29-34(42)52-32(30-50-33(41)28-26-24-10-8-6-4-2)31-51-54(48,49)53-40-38(46)36(44)35(43)37(45)39(40)47/h5,7,11-12,14-15,17-18,20-21,32,35-40,43-47H,3-4,6,8-10,13,16,19,22-31H2,1-2H3,(H,48,49)/b7-5-,12-11-,15-14-,18-17-,21-20-. The molecule has 6 atom stereocenters. The van der Waals surface area contributed by atoms with Crippen LogP contribution in [0.5, 0.6) is 0 Å². The summed E-state index contributed by atoms with van der Waals surface area (Å²) in [5.74, 6) is -1.16. The first-order chi connectivity index (χ1) is 25.9. The summed E-state index contributed by atoms with van der Waals surface area (Å²) in [6.07, 6.45) is 21.9. The highest BCUT2D eigenvalue weighted by atomic mass is 31.2. The second-order valence-corrected chi connectivity index (χ2v) is 14.8. The van der Waals surface area contributed by atoms with Crippen LogP contribution in [0, 0.1) is 0 Å². The Morgan fingerprint density at radius 2 is 1.06 bits per heavy atom. The zero-order chi connectivity index (χ0) is 40.0. The number of rotatable bonds is 30. The molecule has 0 amide bonds. The molecule has 0 radical (unpaired) electrons. The van der Waals surface area contributed by atoms with Gasteiger partial charge in [0, 0.05) is 12.8 Å². The van der Waals surface area contributed by atoms with Crippen LogP contribution in [-0.4, -0.2) is 98.3 Å². The van der Waals surface area contributed by atoms with Gasteiger partial charge in [0.1, 0.15) is 43.2 Å². The number of carbonyl (C=O) groups excluding carboxylic acids is 2. The van der Waals surface area contributed by atoms with Gasteiger partial charge < -0.3 is 39.9 Å². The summed E-state index contributed by atoms with van der Waals surface area (Å²) in [6, 6.07) is 0. The molecule has 0 bridgehead atoms. The van der Waals surface area contributed by atoms with E-state index in [9.17, 15) is 44.6 Å². The molecule has 0 aromatic heterocycles. The molecule has 0 aliphatic heterocycles. The van der Waals surface area contributed by atoms with Gasteiger partial charge in [0.2, 0.25) is 0 Å². The van der Waals surface area contributed by atoms with Crippen LogP contribution in [0.3, 0.4) is 0 Å². The zero-order valence-corrected chi connectivity index (χ0v) is 33.1. The van der Waals surface area contributed by atoms with Crippen LogP contribution < -0.4 is 0 Å². The van der Waals surface area contributed by atoms with E-state index in [0.717, 1.165) is 83.5 Å². The lowest BCUT2D eigenvalue weighted by Gasteiger charge is -2.41. The lowest BCUT2D eigenvalue weighted by Crippen LogP contribution is -2.64. The number of hydrogen-bond acceptors (Lipinski definition) is 12. The van der Waals surface area contributed by atoms with Crippen LogP contribution in [0.2, 0.25) is 0 Å². The van der Waals surface area contributed by atoms with Gasteiger partial charge in [-0.1, -0.05) is 113 Å². The van der Waals surface area contributed by atoms with Gasteiger partial charge in [-0.2, -0.15) is 0 Å². The number of unbranched alkanes of at least 4 members (excludes halogenated alkanes) is 8. The number of phosphoric acid groups is 1. The molecule has 14 heteroatoms. The van der Waals surface area contributed by atoms with Gasteiger partial charge >= 0.3 is 19.8 Å². The summed E-state index contributed by atoms with van der Waals surface area (Å²) < 4.78 is 33.2. The molecular weight excluding hydrogens is 719 g/mol. The van der Waals surface area contributed by atoms with Gasteiger partial charge in [0.15, 0.2) is 6.10 Å². The lowest BCUT2D eigenvalue weighted by molar-refractivity contribution is -0.220. The predicted octanol–water partition coefficient (Wildman–Crippen LogP) is 6.21. The molecular formula is C40H67O13P. The van der Waals surface area contributed by atoms with Crippen molar-refractivity contribution in [3.8, 4) is 0 Å². The number of ether oxygens (including phenoxy) is 2. The summed E-state index contributed by atoms with van der Waals surface area (Å²) in [7, 11) is -5.12. The van der Waals surface area contributed by atoms with Crippen LogP contribution in [0.1, 0.15) is 123 Å². The highest BCUT2D eigenvalue weighted by Crippen LogP contribution is 2.47. The SMILES string of the molecule is CC/C=C\C/C=C\C/C=C\C/C=C\C/C=C\CCCCCC(=O)OC(COC(=O)CCCCCCCC)COP(=O)(O)OC1C(O)C(O)C(O)C(O)C1O. The molecule has 54 heavy (non-hydrogen) atoms. The fourth-order valence-corrected chi connectivity index (χ4v) is 6.40. The maximum absolute atomic E-state index is 12.7. The Bertz CT molecular complexity index is 1180. The van der Waals surface area contributed by atoms with E-state index in [-0.39, 0.29) is 12.8 Å². The van der Waals surface area contributed by atoms with Gasteiger partial charge in [-0.25, -0.2) is 4.57 Å². The molecule has 13 nitrogen and oxygen atoms in total. The smallest absolute Gasteiger partial charge is 0.462 e. The van der Waals surface area contributed by atoms with Gasteiger partial charge in [-0.05, 0) is 57.8 Å². The van der Waals surface area contributed by atoms with Crippen molar-refractivity contribution in [1.82, 2.24) is 0 Å². The van der Waals surface area contributed by atoms with Crippen molar-refractivity contribution in [2.24, 2.45) is 0 Å². The largest absolute Gasteiger partial charge is 0.472 e. The quantitative estimate of drug-likeness (QED) is 0.0207. The number of phosphoric ester groups is 1. The Morgan fingerprint density at radius 1 is 0.593 bits per heavy atom. The normalized spacial score (nSPS) is 23.9. The van der Waals surface area contributed by atoms with E-state index in [1.54, 1.807) is 0 Å². The molecule has 1 aliphatic rings. The van der Waals surface area contributed by atoms with Gasteiger partial charge in [-0.15, -0.1) is 0 Å². The first-order valence-corrected chi connectivity index (χ1v) is 21.1. The Kier molecular flexibility index (Phi) is 28.2. The third-order valence-electron chi connectivity index (χ3n) is 8.62. The maximum Gasteiger partial charge on any atom is 0.472 e. The number of carbonyl (C=O) groups is 2. The minimum absolute atomic E-state index is 0.0553. The predicted molar refractivity (Wildman–Crippen MR) is 207 cm³/mol. The van der Waals surface area contributed by atoms with Crippen molar-refractivity contribution in [3.05, 3.63) is 60.8 Å². The number of esters is 2. The van der Waals surface area contributed by atoms with E-state index in [1.807, 2.05) is 0 Å². The van der Waals surface area contributed by atoms with E-state index in [4.69, 9.17) is 18.5 Å². The Labute approximate surface area is 322 Å². The fourth-order valence-electron chi connectivity index (χ4n) is 5.43. The number of aliphatic hydroxyl groups is 5. The average Bonchev–Trinajstić information content (AvgIpc) is 3.15.